The monoisotopic (exact) mass is 586 g/mol. The van der Waals surface area contributed by atoms with Gasteiger partial charge in [0.1, 0.15) is 5.82 Å². The summed E-state index contributed by atoms with van der Waals surface area (Å²) >= 11 is 1.83. The third-order valence-electron chi connectivity index (χ3n) is 5.45. The van der Waals surface area contributed by atoms with Gasteiger partial charge in [0.2, 0.25) is 0 Å². The number of alkyl halides is 3. The molecule has 4 rings (SSSR count). The van der Waals surface area contributed by atoms with Crippen molar-refractivity contribution in [2.75, 3.05) is 5.32 Å². The van der Waals surface area contributed by atoms with Crippen molar-refractivity contribution >= 4 is 47.0 Å². The van der Waals surface area contributed by atoms with Gasteiger partial charge in [0.05, 0.1) is 16.8 Å². The molecule has 0 aliphatic heterocycles. The largest absolute Gasteiger partial charge is 0.418 e. The summed E-state index contributed by atoms with van der Waals surface area (Å²) < 4.78 is 85.7. The van der Waals surface area contributed by atoms with Gasteiger partial charge in [-0.3, -0.25) is 3.97 Å². The lowest BCUT2D eigenvalue weighted by Gasteiger charge is -2.28. The molecule has 2 atom stereocenters. The summed E-state index contributed by atoms with van der Waals surface area (Å²) in [4.78, 5) is 3.97. The number of nitrogens with one attached hydrogen (secondary N) is 1. The van der Waals surface area contributed by atoms with Crippen LogP contribution in [0.25, 0.3) is 22.2 Å². The predicted molar refractivity (Wildman–Crippen MR) is 121 cm³/mol. The van der Waals surface area contributed by atoms with E-state index in [2.05, 4.69) is 10.3 Å². The summed E-state index contributed by atoms with van der Waals surface area (Å²) in [6, 6.07) is 1.62. The van der Waals surface area contributed by atoms with Crippen LogP contribution in [0.2, 0.25) is 0 Å². The first-order valence-electron chi connectivity index (χ1n) is 9.68. The van der Waals surface area contributed by atoms with Crippen LogP contribution in [0.15, 0.2) is 24.4 Å². The van der Waals surface area contributed by atoms with Crippen molar-refractivity contribution in [1.82, 2.24) is 8.96 Å². The molecule has 4 nitrogen and oxygen atoms in total. The second-order valence-electron chi connectivity index (χ2n) is 7.70. The van der Waals surface area contributed by atoms with Gasteiger partial charge in [0, 0.05) is 65.6 Å². The van der Waals surface area contributed by atoms with Crippen LogP contribution in [0, 0.1) is 17.5 Å². The van der Waals surface area contributed by atoms with Gasteiger partial charge in [-0.1, -0.05) is 0 Å². The van der Waals surface area contributed by atoms with E-state index >= 15 is 0 Å². The summed E-state index contributed by atoms with van der Waals surface area (Å²) in [5.41, 5.74) is 3.76. The van der Waals surface area contributed by atoms with Gasteiger partial charge in [-0.25, -0.2) is 18.2 Å². The zero-order valence-corrected chi connectivity index (χ0v) is 19.3. The molecule has 1 saturated carbocycles. The van der Waals surface area contributed by atoms with Gasteiger partial charge in [0.15, 0.2) is 17.5 Å². The number of hydrogen-bond acceptors (Lipinski definition) is 4. The Hall–Kier alpha value is -1.67. The first kappa shape index (κ1) is 23.5. The first-order chi connectivity index (χ1) is 15.1. The molecule has 1 aliphatic carbocycles. The highest BCUT2D eigenvalue weighted by Crippen LogP contribution is 2.43. The molecule has 12 heteroatoms. The number of benzene rings is 1. The Morgan fingerprint density at radius 3 is 2.53 bits per heavy atom. The standard InChI is InChI=1S/C20H17F6IN4S/c21-9-4-12-13(8-31(32-27)18(12)15(22)5-9)17-14(20(24,25)26)7-16(23)19(30-17)29-11-3-1-2-10(28)6-11/h4-5,7-8,10-11H,1-3,6,28H2,(H,29,30). The van der Waals surface area contributed by atoms with Crippen LogP contribution in [-0.2, 0) is 6.18 Å². The van der Waals surface area contributed by atoms with Crippen LogP contribution in [0.3, 0.4) is 0 Å². The Morgan fingerprint density at radius 1 is 1.12 bits per heavy atom. The van der Waals surface area contributed by atoms with Crippen molar-refractivity contribution in [3.05, 3.63) is 47.4 Å². The molecule has 2 aromatic heterocycles. The minimum Gasteiger partial charge on any atom is -0.365 e. The van der Waals surface area contributed by atoms with Crippen LogP contribution in [0.4, 0.5) is 32.2 Å². The van der Waals surface area contributed by atoms with Gasteiger partial charge >= 0.3 is 6.18 Å². The van der Waals surface area contributed by atoms with E-state index in [0.29, 0.717) is 25.0 Å². The van der Waals surface area contributed by atoms with Crippen LogP contribution in [0.1, 0.15) is 31.2 Å². The normalized spacial score (nSPS) is 19.5. The highest BCUT2D eigenvalue weighted by molar-refractivity contribution is 14.2. The molecule has 0 amide bonds. The van der Waals surface area contributed by atoms with Crippen molar-refractivity contribution in [1.29, 1.82) is 0 Å². The number of hydrogen-bond donors (Lipinski definition) is 2. The summed E-state index contributed by atoms with van der Waals surface area (Å²) in [7, 11) is 0.995. The minimum atomic E-state index is -4.94. The molecule has 1 aliphatic rings. The number of halogens is 7. The molecule has 1 aromatic carbocycles. The average molecular weight is 586 g/mol. The third kappa shape index (κ3) is 4.53. The van der Waals surface area contributed by atoms with Crippen LogP contribution >= 0.6 is 30.3 Å². The predicted octanol–water partition coefficient (Wildman–Crippen LogP) is 6.67. The lowest BCUT2D eigenvalue weighted by Crippen LogP contribution is -2.35. The van der Waals surface area contributed by atoms with Gasteiger partial charge < -0.3 is 11.1 Å². The number of aromatic nitrogens is 2. The Balaban J connectivity index is 1.91. The molecular weight excluding hydrogens is 569 g/mol. The lowest BCUT2D eigenvalue weighted by molar-refractivity contribution is -0.137. The van der Waals surface area contributed by atoms with Crippen molar-refractivity contribution in [3.63, 3.8) is 0 Å². The van der Waals surface area contributed by atoms with Crippen LogP contribution in [-0.4, -0.2) is 21.0 Å². The summed E-state index contributed by atoms with van der Waals surface area (Å²) in [5.74, 6) is -3.39. The Morgan fingerprint density at radius 2 is 1.88 bits per heavy atom. The van der Waals surface area contributed by atoms with E-state index < -0.39 is 34.9 Å². The minimum absolute atomic E-state index is 0.0900. The number of nitrogens with two attached hydrogens (primary N) is 1. The molecular formula is C20H17F6IN4S. The second-order valence-corrected chi connectivity index (χ2v) is 9.42. The Labute approximate surface area is 195 Å². The van der Waals surface area contributed by atoms with E-state index in [9.17, 15) is 26.3 Å². The molecule has 0 bridgehead atoms. The maximum Gasteiger partial charge on any atom is 0.418 e. The number of rotatable bonds is 4. The zero-order valence-electron chi connectivity index (χ0n) is 16.3. The van der Waals surface area contributed by atoms with Gasteiger partial charge in [-0.15, -0.1) is 0 Å². The van der Waals surface area contributed by atoms with Crippen molar-refractivity contribution < 1.29 is 26.3 Å². The fraction of sp³-hybridized carbons (Fsp3) is 0.350. The number of fused-ring (bicyclic) bond motifs is 1. The van der Waals surface area contributed by atoms with Gasteiger partial charge in [-0.2, -0.15) is 13.2 Å². The van der Waals surface area contributed by atoms with E-state index in [1.165, 1.54) is 10.2 Å². The maximum atomic E-state index is 14.7. The van der Waals surface area contributed by atoms with Crippen molar-refractivity contribution in [2.45, 2.75) is 43.9 Å². The second kappa shape index (κ2) is 8.93. The average Bonchev–Trinajstić information content (AvgIpc) is 3.07. The van der Waals surface area contributed by atoms with E-state index in [1.807, 2.05) is 21.2 Å². The van der Waals surface area contributed by atoms with Crippen molar-refractivity contribution in [2.24, 2.45) is 5.73 Å². The number of anilines is 1. The molecule has 32 heavy (non-hydrogen) atoms. The van der Waals surface area contributed by atoms with E-state index in [4.69, 9.17) is 5.73 Å². The smallest absolute Gasteiger partial charge is 0.365 e. The van der Waals surface area contributed by atoms with Crippen LogP contribution < -0.4 is 11.1 Å². The summed E-state index contributed by atoms with van der Waals surface area (Å²) in [5, 5.41) is 2.77. The molecule has 3 aromatic rings. The first-order valence-corrected chi connectivity index (χ1v) is 13.0. The highest BCUT2D eigenvalue weighted by Gasteiger charge is 2.37. The van der Waals surface area contributed by atoms with Crippen LogP contribution in [0.5, 0.6) is 0 Å². The quantitative estimate of drug-likeness (QED) is 0.265. The van der Waals surface area contributed by atoms with E-state index in [-0.39, 0.29) is 34.4 Å². The van der Waals surface area contributed by atoms with E-state index in [0.717, 1.165) is 28.0 Å². The maximum absolute atomic E-state index is 14.7. The molecule has 2 unspecified atom stereocenters. The Bertz CT molecular complexity index is 1170. The summed E-state index contributed by atoms with van der Waals surface area (Å²) in [6.07, 6.45) is -0.887. The van der Waals surface area contributed by atoms with Gasteiger partial charge in [-0.05, 0) is 37.8 Å². The molecule has 0 spiro atoms. The van der Waals surface area contributed by atoms with Crippen molar-refractivity contribution in [3.8, 4) is 11.3 Å². The molecule has 3 N–H and O–H groups in total. The molecule has 1 fully saturated rings. The topological polar surface area (TPSA) is 55.9 Å². The third-order valence-corrected chi connectivity index (χ3v) is 7.16. The molecule has 172 valence electrons. The highest BCUT2D eigenvalue weighted by atomic mass is 127. The SMILES string of the molecule is NC1CCCC(Nc2nc(-c3cn(SI)c4c(F)cc(F)cc34)c(C(F)(F)F)cc2F)C1. The molecule has 2 heterocycles. The Kier molecular flexibility index (Phi) is 6.56. The molecule has 0 radical (unpaired) electrons. The molecule has 0 saturated heterocycles. The number of pyridine rings is 1. The lowest BCUT2D eigenvalue weighted by atomic mass is 9.91. The van der Waals surface area contributed by atoms with Gasteiger partial charge in [0.25, 0.3) is 0 Å². The fourth-order valence-electron chi connectivity index (χ4n) is 4.05. The summed E-state index contributed by atoms with van der Waals surface area (Å²) in [6.45, 7) is 0. The zero-order chi connectivity index (χ0) is 23.2. The van der Waals surface area contributed by atoms with E-state index in [1.54, 1.807) is 0 Å². The fourth-order valence-corrected chi connectivity index (χ4v) is 5.39. The number of nitrogens with zero attached hydrogens (tertiary/aromatic N) is 2.